The van der Waals surface area contributed by atoms with Crippen LogP contribution in [0.1, 0.15) is 47.1 Å². The van der Waals surface area contributed by atoms with Gasteiger partial charge in [0.2, 0.25) is 12.7 Å². The monoisotopic (exact) mass is 591 g/mol. The van der Waals surface area contributed by atoms with Crippen LogP contribution in [0.15, 0.2) is 66.7 Å². The lowest BCUT2D eigenvalue weighted by Crippen LogP contribution is -2.37. The van der Waals surface area contributed by atoms with Gasteiger partial charge in [-0.2, -0.15) is 0 Å². The molecule has 1 saturated heterocycles. The highest BCUT2D eigenvalue weighted by molar-refractivity contribution is 5.92. The van der Waals surface area contributed by atoms with Gasteiger partial charge in [0, 0.05) is 43.2 Å². The van der Waals surface area contributed by atoms with Crippen molar-refractivity contribution in [3.8, 4) is 17.2 Å². The topological polar surface area (TPSA) is 84.4 Å². The van der Waals surface area contributed by atoms with Gasteiger partial charge in [-0.15, -0.1) is 0 Å². The fourth-order valence-electron chi connectivity index (χ4n) is 6.41. The normalized spacial score (nSPS) is 16.1. The summed E-state index contributed by atoms with van der Waals surface area (Å²) in [5.41, 5.74) is 6.64. The van der Waals surface area contributed by atoms with Crippen molar-refractivity contribution in [1.82, 2.24) is 9.88 Å². The number of pyridine rings is 1. The molecule has 0 radical (unpaired) electrons. The van der Waals surface area contributed by atoms with Crippen LogP contribution in [0.25, 0.3) is 17.0 Å². The zero-order valence-corrected chi connectivity index (χ0v) is 25.0. The highest BCUT2D eigenvalue weighted by Crippen LogP contribution is 2.34. The highest BCUT2D eigenvalue weighted by Gasteiger charge is 2.25. The summed E-state index contributed by atoms with van der Waals surface area (Å²) in [6.45, 7) is 2.43. The maximum atomic E-state index is 13.9. The molecule has 3 aromatic carbocycles. The number of benzene rings is 3. The molecule has 44 heavy (non-hydrogen) atoms. The first-order valence-electron chi connectivity index (χ1n) is 15.4. The van der Waals surface area contributed by atoms with Gasteiger partial charge in [-0.1, -0.05) is 18.2 Å². The smallest absolute Gasteiger partial charge is 0.247 e. The Hall–Kier alpha value is -4.56. The Morgan fingerprint density at radius 1 is 1.00 bits per heavy atom. The summed E-state index contributed by atoms with van der Waals surface area (Å²) >= 11 is 0. The molecular weight excluding hydrogens is 554 g/mol. The van der Waals surface area contributed by atoms with Gasteiger partial charge in [0.15, 0.2) is 11.5 Å². The minimum absolute atomic E-state index is 0.104. The van der Waals surface area contributed by atoms with E-state index in [9.17, 15) is 9.90 Å². The Bertz CT molecular complexity index is 1710. The van der Waals surface area contributed by atoms with E-state index in [4.69, 9.17) is 19.2 Å². The van der Waals surface area contributed by atoms with Gasteiger partial charge >= 0.3 is 0 Å². The number of aryl methyl sites for hydroxylation is 2. The van der Waals surface area contributed by atoms with E-state index >= 15 is 0 Å². The van der Waals surface area contributed by atoms with Crippen LogP contribution in [0, 0.1) is 0 Å². The Morgan fingerprint density at radius 2 is 1.77 bits per heavy atom. The summed E-state index contributed by atoms with van der Waals surface area (Å²) in [6, 6.07) is 20.2. The molecule has 0 saturated carbocycles. The number of piperidine rings is 1. The van der Waals surface area contributed by atoms with Crippen molar-refractivity contribution in [3.63, 3.8) is 0 Å². The van der Waals surface area contributed by atoms with E-state index in [1.165, 1.54) is 17.5 Å². The number of aromatic nitrogens is 1. The number of methoxy groups -OCH3 is 1. The second-order valence-electron chi connectivity index (χ2n) is 11.8. The van der Waals surface area contributed by atoms with Gasteiger partial charge in [0.05, 0.1) is 18.7 Å². The van der Waals surface area contributed by atoms with Crippen molar-refractivity contribution in [2.24, 2.45) is 0 Å². The van der Waals surface area contributed by atoms with Crippen molar-refractivity contribution in [3.05, 3.63) is 94.6 Å². The second kappa shape index (κ2) is 12.2. The zero-order chi connectivity index (χ0) is 30.0. The van der Waals surface area contributed by atoms with E-state index in [2.05, 4.69) is 23.1 Å². The molecule has 4 aromatic rings. The Kier molecular flexibility index (Phi) is 7.83. The average Bonchev–Trinajstić information content (AvgIpc) is 3.71. The summed E-state index contributed by atoms with van der Waals surface area (Å²) in [6.07, 6.45) is 7.95. The molecule has 226 valence electrons. The number of fused-ring (bicyclic) bond motifs is 3. The van der Waals surface area contributed by atoms with E-state index in [0.29, 0.717) is 37.4 Å². The number of rotatable bonds is 8. The number of hydrogen-bond donors (Lipinski definition) is 1. The van der Waals surface area contributed by atoms with Gasteiger partial charge < -0.3 is 29.1 Å². The lowest BCUT2D eigenvalue weighted by Gasteiger charge is -2.33. The number of carbonyl (C=O) groups excluding carboxylic acids is 1. The van der Waals surface area contributed by atoms with Crippen LogP contribution in [-0.4, -0.2) is 54.0 Å². The molecule has 1 aliphatic carbocycles. The summed E-state index contributed by atoms with van der Waals surface area (Å²) in [7, 11) is 1.64. The minimum Gasteiger partial charge on any atom is -0.497 e. The van der Waals surface area contributed by atoms with Crippen molar-refractivity contribution >= 4 is 28.7 Å². The lowest BCUT2D eigenvalue weighted by atomic mass is 10.0. The number of nitrogens with zero attached hydrogens (tertiary/aromatic N) is 3. The third-order valence-electron chi connectivity index (χ3n) is 8.87. The van der Waals surface area contributed by atoms with Gasteiger partial charge in [-0.05, 0) is 103 Å². The quantitative estimate of drug-likeness (QED) is 0.265. The molecule has 8 heteroatoms. The fraction of sp³-hybridized carbons (Fsp3) is 0.333. The van der Waals surface area contributed by atoms with Crippen LogP contribution in [-0.2, 0) is 30.7 Å². The maximum Gasteiger partial charge on any atom is 0.247 e. The standard InChI is InChI=1S/C36H37N3O5/c1-42-31-9-5-24(6-10-31)8-12-35(41)39(21-25-7-11-33-34(17-25)44-23-43-33)22-29-19-28-18-26-3-2-4-27(26)20-32(28)37-36(29)38-15-13-30(40)14-16-38/h5-12,17-20,30,40H,2-4,13-16,21-23H2,1H3. The zero-order valence-electron chi connectivity index (χ0n) is 25.0. The number of anilines is 1. The van der Waals surface area contributed by atoms with Crippen LogP contribution in [0.4, 0.5) is 5.82 Å². The van der Waals surface area contributed by atoms with E-state index < -0.39 is 0 Å². The summed E-state index contributed by atoms with van der Waals surface area (Å²) in [4.78, 5) is 23.3. The maximum absolute atomic E-state index is 13.9. The van der Waals surface area contributed by atoms with E-state index in [1.807, 2.05) is 53.4 Å². The Balaban J connectivity index is 1.24. The van der Waals surface area contributed by atoms with Crippen LogP contribution in [0.3, 0.4) is 0 Å². The number of aliphatic hydroxyl groups is 1. The molecule has 1 aromatic heterocycles. The van der Waals surface area contributed by atoms with Crippen LogP contribution < -0.4 is 19.1 Å². The fourth-order valence-corrected chi connectivity index (χ4v) is 6.41. The number of hydrogen-bond acceptors (Lipinski definition) is 7. The molecule has 8 nitrogen and oxygen atoms in total. The molecule has 2 aliphatic heterocycles. The molecular formula is C36H37N3O5. The largest absolute Gasteiger partial charge is 0.497 e. The van der Waals surface area contributed by atoms with Gasteiger partial charge in [0.1, 0.15) is 11.6 Å². The summed E-state index contributed by atoms with van der Waals surface area (Å²) < 4.78 is 16.4. The molecule has 0 atom stereocenters. The number of amides is 1. The third-order valence-corrected chi connectivity index (χ3v) is 8.87. The molecule has 0 bridgehead atoms. The predicted octanol–water partition coefficient (Wildman–Crippen LogP) is 5.66. The summed E-state index contributed by atoms with van der Waals surface area (Å²) in [5, 5.41) is 11.3. The molecule has 1 N–H and O–H groups in total. The van der Waals surface area contributed by atoms with Crippen LogP contribution in [0.2, 0.25) is 0 Å². The van der Waals surface area contributed by atoms with Crippen molar-refractivity contribution in [1.29, 1.82) is 0 Å². The van der Waals surface area contributed by atoms with Crippen molar-refractivity contribution in [2.75, 3.05) is 31.9 Å². The third kappa shape index (κ3) is 5.95. The molecule has 7 rings (SSSR count). The molecule has 0 unspecified atom stereocenters. The highest BCUT2D eigenvalue weighted by atomic mass is 16.7. The van der Waals surface area contributed by atoms with Gasteiger partial charge in [-0.3, -0.25) is 4.79 Å². The van der Waals surface area contributed by atoms with Crippen molar-refractivity contribution in [2.45, 2.75) is 51.3 Å². The van der Waals surface area contributed by atoms with E-state index in [0.717, 1.165) is 65.1 Å². The minimum atomic E-state index is -0.286. The Labute approximate surface area is 257 Å². The number of carbonyl (C=O) groups is 1. The van der Waals surface area contributed by atoms with Crippen LogP contribution >= 0.6 is 0 Å². The molecule has 1 amide bonds. The number of aliphatic hydroxyl groups excluding tert-OH is 1. The van der Waals surface area contributed by atoms with Crippen LogP contribution in [0.5, 0.6) is 17.2 Å². The molecule has 3 heterocycles. The van der Waals surface area contributed by atoms with Gasteiger partial charge in [0.25, 0.3) is 0 Å². The SMILES string of the molecule is COc1ccc(C=CC(=O)N(Cc2ccc3c(c2)OCO3)Cc2cc3cc4c(cc3nc2N2CCC(O)CC2)CCC4)cc1. The molecule has 1 fully saturated rings. The lowest BCUT2D eigenvalue weighted by molar-refractivity contribution is -0.127. The number of ether oxygens (including phenoxy) is 3. The summed E-state index contributed by atoms with van der Waals surface area (Å²) in [5.74, 6) is 2.96. The molecule has 3 aliphatic rings. The average molecular weight is 592 g/mol. The second-order valence-corrected chi connectivity index (χ2v) is 11.8. The van der Waals surface area contributed by atoms with E-state index in [-0.39, 0.29) is 18.8 Å². The van der Waals surface area contributed by atoms with Crippen molar-refractivity contribution < 1.29 is 24.1 Å². The van der Waals surface area contributed by atoms with Gasteiger partial charge in [-0.25, -0.2) is 4.98 Å². The predicted molar refractivity (Wildman–Crippen MR) is 170 cm³/mol. The first kappa shape index (κ1) is 28.2. The van der Waals surface area contributed by atoms with E-state index in [1.54, 1.807) is 13.2 Å². The first-order chi connectivity index (χ1) is 21.5. The Morgan fingerprint density at radius 3 is 2.57 bits per heavy atom. The molecule has 0 spiro atoms. The first-order valence-corrected chi connectivity index (χ1v) is 15.4.